The molecule has 1 atom stereocenters. The van der Waals surface area contributed by atoms with Gasteiger partial charge in [-0.1, -0.05) is 70.4 Å². The van der Waals surface area contributed by atoms with Gasteiger partial charge in [0, 0.05) is 0 Å². The predicted molar refractivity (Wildman–Crippen MR) is 96.2 cm³/mol. The van der Waals surface area contributed by atoms with Crippen LogP contribution < -0.4 is 0 Å². The molecule has 1 aromatic rings. The van der Waals surface area contributed by atoms with Gasteiger partial charge in [0.15, 0.2) is 0 Å². The molecular formula is C17H30BrClN2. The lowest BCUT2D eigenvalue weighted by Crippen LogP contribution is -2.32. The minimum atomic E-state index is 0.0853. The molecule has 4 heteroatoms. The van der Waals surface area contributed by atoms with Crippen LogP contribution in [-0.2, 0) is 5.54 Å². The summed E-state index contributed by atoms with van der Waals surface area (Å²) in [6.07, 6.45) is 11.4. The standard InChI is InChI=1S/C17H30BrClN2/c1-5-7-9-10-11-13-17(4,12-8-6-2)21-14(3)15(19)16(18)20-21/h5-13H2,1-4H3. The van der Waals surface area contributed by atoms with Crippen LogP contribution in [0.2, 0.25) is 5.02 Å². The average molecular weight is 378 g/mol. The van der Waals surface area contributed by atoms with Gasteiger partial charge in [0.25, 0.3) is 0 Å². The Labute approximate surface area is 143 Å². The zero-order valence-electron chi connectivity index (χ0n) is 14.0. The number of aromatic nitrogens is 2. The van der Waals surface area contributed by atoms with E-state index < -0.39 is 0 Å². The highest BCUT2D eigenvalue weighted by molar-refractivity contribution is 9.10. The summed E-state index contributed by atoms with van der Waals surface area (Å²) in [5.74, 6) is 0. The molecule has 0 bridgehead atoms. The molecule has 122 valence electrons. The maximum Gasteiger partial charge on any atom is 0.147 e. The molecule has 1 unspecified atom stereocenters. The van der Waals surface area contributed by atoms with E-state index in [4.69, 9.17) is 11.6 Å². The molecule has 0 aromatic carbocycles. The second-order valence-corrected chi connectivity index (χ2v) is 7.50. The zero-order chi connectivity index (χ0) is 15.9. The molecular weight excluding hydrogens is 348 g/mol. The fourth-order valence-electron chi connectivity index (χ4n) is 2.98. The van der Waals surface area contributed by atoms with Crippen LogP contribution in [0.15, 0.2) is 4.60 Å². The van der Waals surface area contributed by atoms with E-state index in [-0.39, 0.29) is 5.54 Å². The van der Waals surface area contributed by atoms with Crippen molar-refractivity contribution in [1.82, 2.24) is 9.78 Å². The Morgan fingerprint density at radius 3 is 2.14 bits per heavy atom. The van der Waals surface area contributed by atoms with Crippen molar-refractivity contribution in [3.63, 3.8) is 0 Å². The number of unbranched alkanes of at least 4 members (excludes halogenated alkanes) is 5. The van der Waals surface area contributed by atoms with Gasteiger partial charge < -0.3 is 0 Å². The van der Waals surface area contributed by atoms with E-state index in [1.54, 1.807) is 0 Å². The summed E-state index contributed by atoms with van der Waals surface area (Å²) >= 11 is 9.78. The summed E-state index contributed by atoms with van der Waals surface area (Å²) in [5, 5.41) is 5.40. The summed E-state index contributed by atoms with van der Waals surface area (Å²) in [5.41, 5.74) is 1.16. The number of nitrogens with zero attached hydrogens (tertiary/aromatic N) is 2. The maximum absolute atomic E-state index is 6.31. The molecule has 0 saturated heterocycles. The van der Waals surface area contributed by atoms with Crippen LogP contribution in [0.3, 0.4) is 0 Å². The molecule has 1 heterocycles. The van der Waals surface area contributed by atoms with Gasteiger partial charge in [-0.3, -0.25) is 4.68 Å². The Morgan fingerprint density at radius 1 is 1.05 bits per heavy atom. The monoisotopic (exact) mass is 376 g/mol. The van der Waals surface area contributed by atoms with Crippen molar-refractivity contribution >= 4 is 27.5 Å². The minimum Gasteiger partial charge on any atom is -0.261 e. The van der Waals surface area contributed by atoms with E-state index in [2.05, 4.69) is 53.4 Å². The summed E-state index contributed by atoms with van der Waals surface area (Å²) < 4.78 is 2.94. The first kappa shape index (κ1) is 19.0. The normalized spacial score (nSPS) is 14.4. The summed E-state index contributed by atoms with van der Waals surface area (Å²) in [6.45, 7) is 8.92. The Hall–Kier alpha value is -0.0200. The van der Waals surface area contributed by atoms with Gasteiger partial charge in [-0.05, 0) is 42.6 Å². The molecule has 21 heavy (non-hydrogen) atoms. The first-order valence-electron chi connectivity index (χ1n) is 8.37. The number of rotatable bonds is 10. The predicted octanol–water partition coefficient (Wildman–Crippen LogP) is 6.87. The molecule has 0 aliphatic heterocycles. The van der Waals surface area contributed by atoms with Gasteiger partial charge >= 0.3 is 0 Å². The first-order valence-corrected chi connectivity index (χ1v) is 9.54. The van der Waals surface area contributed by atoms with E-state index in [1.807, 2.05) is 0 Å². The van der Waals surface area contributed by atoms with E-state index in [0.29, 0.717) is 0 Å². The van der Waals surface area contributed by atoms with Gasteiger partial charge in [-0.2, -0.15) is 5.10 Å². The van der Waals surface area contributed by atoms with Crippen molar-refractivity contribution in [2.45, 2.75) is 91.0 Å². The lowest BCUT2D eigenvalue weighted by Gasteiger charge is -2.32. The third-order valence-corrected chi connectivity index (χ3v) is 5.64. The third-order valence-electron chi connectivity index (χ3n) is 4.40. The van der Waals surface area contributed by atoms with E-state index in [1.165, 1.54) is 57.8 Å². The first-order chi connectivity index (χ1) is 9.96. The van der Waals surface area contributed by atoms with Gasteiger partial charge in [0.1, 0.15) is 4.60 Å². The molecule has 0 radical (unpaired) electrons. The quantitative estimate of drug-likeness (QED) is 0.406. The largest absolute Gasteiger partial charge is 0.261 e. The zero-order valence-corrected chi connectivity index (χ0v) is 16.4. The van der Waals surface area contributed by atoms with E-state index >= 15 is 0 Å². The van der Waals surface area contributed by atoms with Crippen molar-refractivity contribution < 1.29 is 0 Å². The fourth-order valence-corrected chi connectivity index (χ4v) is 3.54. The molecule has 0 saturated carbocycles. The second-order valence-electron chi connectivity index (χ2n) is 6.37. The molecule has 0 amide bonds. The molecule has 0 fully saturated rings. The van der Waals surface area contributed by atoms with Gasteiger partial charge in [-0.15, -0.1) is 0 Å². The summed E-state index contributed by atoms with van der Waals surface area (Å²) in [7, 11) is 0. The lowest BCUT2D eigenvalue weighted by molar-refractivity contribution is 0.224. The molecule has 0 spiro atoms. The molecule has 0 aliphatic rings. The van der Waals surface area contributed by atoms with Crippen LogP contribution in [0.1, 0.15) is 84.3 Å². The summed E-state index contributed by atoms with van der Waals surface area (Å²) in [4.78, 5) is 0. The molecule has 0 N–H and O–H groups in total. The Morgan fingerprint density at radius 2 is 1.62 bits per heavy atom. The molecule has 1 rings (SSSR count). The average Bonchev–Trinajstić information content (AvgIpc) is 2.73. The van der Waals surface area contributed by atoms with Crippen LogP contribution in [0, 0.1) is 6.92 Å². The van der Waals surface area contributed by atoms with Crippen LogP contribution in [-0.4, -0.2) is 9.78 Å². The number of halogens is 2. The molecule has 2 nitrogen and oxygen atoms in total. The lowest BCUT2D eigenvalue weighted by atomic mass is 9.88. The summed E-state index contributed by atoms with van der Waals surface area (Å²) in [6, 6.07) is 0. The Bertz CT molecular complexity index is 431. The maximum atomic E-state index is 6.31. The molecule has 0 aliphatic carbocycles. The van der Waals surface area contributed by atoms with Crippen molar-refractivity contribution in [2.24, 2.45) is 0 Å². The smallest absolute Gasteiger partial charge is 0.147 e. The Balaban J connectivity index is 2.79. The third kappa shape index (κ3) is 5.28. The molecule has 1 aromatic heterocycles. The van der Waals surface area contributed by atoms with E-state index in [0.717, 1.165) is 15.3 Å². The van der Waals surface area contributed by atoms with E-state index in [9.17, 15) is 0 Å². The highest BCUT2D eigenvalue weighted by atomic mass is 79.9. The highest BCUT2D eigenvalue weighted by Gasteiger charge is 2.29. The van der Waals surface area contributed by atoms with Gasteiger partial charge in [0.05, 0.1) is 16.3 Å². The fraction of sp³-hybridized carbons (Fsp3) is 0.824. The van der Waals surface area contributed by atoms with Crippen LogP contribution in [0.5, 0.6) is 0 Å². The van der Waals surface area contributed by atoms with Gasteiger partial charge in [0.2, 0.25) is 0 Å². The van der Waals surface area contributed by atoms with Crippen molar-refractivity contribution in [3.05, 3.63) is 15.3 Å². The minimum absolute atomic E-state index is 0.0853. The Kier molecular flexibility index (Phi) is 8.33. The van der Waals surface area contributed by atoms with Crippen LogP contribution in [0.25, 0.3) is 0 Å². The van der Waals surface area contributed by atoms with Crippen LogP contribution >= 0.6 is 27.5 Å². The van der Waals surface area contributed by atoms with Crippen molar-refractivity contribution in [2.75, 3.05) is 0 Å². The van der Waals surface area contributed by atoms with Gasteiger partial charge in [-0.25, -0.2) is 0 Å². The highest BCUT2D eigenvalue weighted by Crippen LogP contribution is 2.35. The van der Waals surface area contributed by atoms with Crippen molar-refractivity contribution in [1.29, 1.82) is 0 Å². The number of hydrogen-bond donors (Lipinski definition) is 0. The topological polar surface area (TPSA) is 17.8 Å². The van der Waals surface area contributed by atoms with Crippen LogP contribution in [0.4, 0.5) is 0 Å². The van der Waals surface area contributed by atoms with Crippen molar-refractivity contribution in [3.8, 4) is 0 Å². The second kappa shape index (κ2) is 9.19. The SMILES string of the molecule is CCCCCCCC(C)(CCCC)n1nc(Br)c(Cl)c1C. The number of hydrogen-bond acceptors (Lipinski definition) is 1.